The lowest BCUT2D eigenvalue weighted by molar-refractivity contribution is -0.140. The Hall–Kier alpha value is -2.53. The first-order chi connectivity index (χ1) is 16.7. The van der Waals surface area contributed by atoms with Gasteiger partial charge in [-0.1, -0.05) is 97.2 Å². The van der Waals surface area contributed by atoms with E-state index in [1.807, 2.05) is 56.3 Å². The Bertz CT molecular complexity index is 1110. The highest BCUT2D eigenvalue weighted by Gasteiger charge is 2.31. The number of halogens is 3. The van der Waals surface area contributed by atoms with Crippen LogP contribution in [0.4, 0.5) is 0 Å². The number of amides is 2. The summed E-state index contributed by atoms with van der Waals surface area (Å²) in [5.41, 5.74) is 2.36. The molecule has 0 saturated heterocycles. The number of carbonyl (C=O) groups is 2. The minimum absolute atomic E-state index is 0.109. The number of carbonyl (C=O) groups excluding carboxylic acids is 2. The maximum absolute atomic E-state index is 13.7. The molecule has 0 unspecified atom stereocenters. The summed E-state index contributed by atoms with van der Waals surface area (Å²) < 4.78 is 0. The summed E-state index contributed by atoms with van der Waals surface area (Å²) in [5.74, 6) is -0.147. The van der Waals surface area contributed by atoms with Crippen LogP contribution in [0.15, 0.2) is 72.8 Å². The van der Waals surface area contributed by atoms with E-state index in [2.05, 4.69) is 5.32 Å². The second-order valence-corrected chi connectivity index (χ2v) is 10.1. The summed E-state index contributed by atoms with van der Waals surface area (Å²) in [4.78, 5) is 28.8. The largest absolute Gasteiger partial charge is 0.354 e. The number of nitrogens with zero attached hydrogens (tertiary/aromatic N) is 1. The fourth-order valence-electron chi connectivity index (χ4n) is 3.71. The van der Waals surface area contributed by atoms with Gasteiger partial charge in [0.25, 0.3) is 0 Å². The van der Waals surface area contributed by atoms with Crippen LogP contribution in [0.3, 0.4) is 0 Å². The van der Waals surface area contributed by atoms with E-state index in [0.717, 1.165) is 11.1 Å². The third-order valence-electron chi connectivity index (χ3n) is 5.61. The van der Waals surface area contributed by atoms with Gasteiger partial charge in [0.1, 0.15) is 6.04 Å². The molecule has 1 atom stereocenters. The first kappa shape index (κ1) is 27.1. The van der Waals surface area contributed by atoms with E-state index in [4.69, 9.17) is 34.8 Å². The van der Waals surface area contributed by atoms with E-state index in [0.29, 0.717) is 33.6 Å². The second-order valence-electron chi connectivity index (χ2n) is 8.87. The van der Waals surface area contributed by atoms with Crippen molar-refractivity contribution in [3.63, 3.8) is 0 Å². The van der Waals surface area contributed by atoms with Gasteiger partial charge in [-0.25, -0.2) is 0 Å². The van der Waals surface area contributed by atoms with Crippen LogP contribution in [0.5, 0.6) is 0 Å². The third-order valence-corrected chi connectivity index (χ3v) is 6.57. The summed E-state index contributed by atoms with van der Waals surface area (Å²) in [6.07, 6.45) is 0.473. The zero-order chi connectivity index (χ0) is 25.4. The van der Waals surface area contributed by atoms with Crippen molar-refractivity contribution in [2.24, 2.45) is 5.92 Å². The van der Waals surface area contributed by atoms with Gasteiger partial charge in [-0.05, 0) is 41.3 Å². The van der Waals surface area contributed by atoms with Gasteiger partial charge in [0.05, 0.1) is 6.42 Å². The van der Waals surface area contributed by atoms with Gasteiger partial charge in [0.2, 0.25) is 11.8 Å². The van der Waals surface area contributed by atoms with Crippen molar-refractivity contribution in [3.8, 4) is 0 Å². The molecule has 0 aliphatic carbocycles. The molecule has 0 bridgehead atoms. The molecular weight excluding hydrogens is 503 g/mol. The SMILES string of the molecule is CC(C)CNC(=O)[C@@H](Cc1ccccc1)N(Cc1c(Cl)cccc1Cl)C(=O)Cc1ccc(Cl)cc1. The van der Waals surface area contributed by atoms with Gasteiger partial charge < -0.3 is 10.2 Å². The predicted octanol–water partition coefficient (Wildman–Crippen LogP) is 6.60. The predicted molar refractivity (Wildman–Crippen MR) is 144 cm³/mol. The lowest BCUT2D eigenvalue weighted by Gasteiger charge is -2.32. The van der Waals surface area contributed by atoms with Crippen molar-refractivity contribution < 1.29 is 9.59 Å². The molecule has 0 aliphatic heterocycles. The van der Waals surface area contributed by atoms with Crippen molar-refractivity contribution in [2.45, 2.75) is 39.3 Å². The molecule has 0 aliphatic rings. The van der Waals surface area contributed by atoms with Gasteiger partial charge in [-0.15, -0.1) is 0 Å². The number of nitrogens with one attached hydrogen (secondary N) is 1. The van der Waals surface area contributed by atoms with Crippen molar-refractivity contribution in [1.29, 1.82) is 0 Å². The quantitative estimate of drug-likeness (QED) is 0.320. The molecule has 3 aromatic carbocycles. The highest BCUT2D eigenvalue weighted by atomic mass is 35.5. The zero-order valence-electron chi connectivity index (χ0n) is 19.8. The Morgan fingerprint density at radius 2 is 1.46 bits per heavy atom. The number of benzene rings is 3. The normalized spacial score (nSPS) is 11.8. The monoisotopic (exact) mass is 530 g/mol. The molecule has 0 saturated carbocycles. The Kier molecular flexibility index (Phi) is 10.0. The topological polar surface area (TPSA) is 49.4 Å². The fraction of sp³-hybridized carbons (Fsp3) is 0.286. The molecule has 0 spiro atoms. The summed E-state index contributed by atoms with van der Waals surface area (Å²) in [6, 6.07) is 21.3. The Balaban J connectivity index is 2.00. The summed E-state index contributed by atoms with van der Waals surface area (Å²) in [6.45, 7) is 4.67. The maximum Gasteiger partial charge on any atom is 0.243 e. The van der Waals surface area contributed by atoms with Crippen molar-refractivity contribution >= 4 is 46.6 Å². The molecular formula is C28H29Cl3N2O2. The van der Waals surface area contributed by atoms with E-state index in [9.17, 15) is 9.59 Å². The van der Waals surface area contributed by atoms with Crippen LogP contribution in [0.25, 0.3) is 0 Å². The van der Waals surface area contributed by atoms with E-state index < -0.39 is 6.04 Å². The molecule has 4 nitrogen and oxygen atoms in total. The fourth-order valence-corrected chi connectivity index (χ4v) is 4.35. The van der Waals surface area contributed by atoms with Crippen molar-refractivity contribution in [2.75, 3.05) is 6.54 Å². The zero-order valence-corrected chi connectivity index (χ0v) is 22.1. The molecule has 3 rings (SSSR count). The molecule has 0 fully saturated rings. The second kappa shape index (κ2) is 13.0. The standard InChI is InChI=1S/C28H29Cl3N2O2/c1-19(2)17-32-28(35)26(15-20-7-4-3-5-8-20)33(18-23-24(30)9-6-10-25(23)31)27(34)16-21-11-13-22(29)14-12-21/h3-14,19,26H,15-18H2,1-2H3,(H,32,35)/t26-/m1/s1. The van der Waals surface area contributed by atoms with E-state index in [-0.39, 0.29) is 30.7 Å². The molecule has 7 heteroatoms. The van der Waals surface area contributed by atoms with Crippen LogP contribution in [0.1, 0.15) is 30.5 Å². The van der Waals surface area contributed by atoms with Crippen molar-refractivity contribution in [3.05, 3.63) is 105 Å². The van der Waals surface area contributed by atoms with Crippen LogP contribution in [0.2, 0.25) is 15.1 Å². The van der Waals surface area contributed by atoms with E-state index in [1.165, 1.54) is 0 Å². The highest BCUT2D eigenvalue weighted by molar-refractivity contribution is 6.36. The number of hydrogen-bond donors (Lipinski definition) is 1. The molecule has 2 amide bonds. The van der Waals surface area contributed by atoms with Gasteiger partial charge in [0, 0.05) is 40.1 Å². The Morgan fingerprint density at radius 3 is 2.06 bits per heavy atom. The summed E-state index contributed by atoms with van der Waals surface area (Å²) >= 11 is 18.9. The lowest BCUT2D eigenvalue weighted by atomic mass is 10.0. The Morgan fingerprint density at radius 1 is 0.829 bits per heavy atom. The summed E-state index contributed by atoms with van der Waals surface area (Å²) in [7, 11) is 0. The number of hydrogen-bond acceptors (Lipinski definition) is 2. The van der Waals surface area contributed by atoms with Crippen molar-refractivity contribution in [1.82, 2.24) is 10.2 Å². The molecule has 0 aromatic heterocycles. The minimum atomic E-state index is -0.747. The van der Waals surface area contributed by atoms with Crippen LogP contribution < -0.4 is 5.32 Å². The molecule has 3 aromatic rings. The van der Waals surface area contributed by atoms with E-state index in [1.54, 1.807) is 35.2 Å². The molecule has 0 radical (unpaired) electrons. The molecule has 35 heavy (non-hydrogen) atoms. The van der Waals surface area contributed by atoms with Gasteiger partial charge in [0.15, 0.2) is 0 Å². The molecule has 1 N–H and O–H groups in total. The lowest BCUT2D eigenvalue weighted by Crippen LogP contribution is -2.51. The summed E-state index contributed by atoms with van der Waals surface area (Å²) in [5, 5.41) is 4.50. The Labute approximate surface area is 222 Å². The average molecular weight is 532 g/mol. The molecule has 184 valence electrons. The van der Waals surface area contributed by atoms with Crippen LogP contribution >= 0.6 is 34.8 Å². The maximum atomic E-state index is 13.7. The smallest absolute Gasteiger partial charge is 0.243 e. The van der Waals surface area contributed by atoms with Gasteiger partial charge in [-0.3, -0.25) is 9.59 Å². The van der Waals surface area contributed by atoms with Gasteiger partial charge >= 0.3 is 0 Å². The van der Waals surface area contributed by atoms with E-state index >= 15 is 0 Å². The van der Waals surface area contributed by atoms with Gasteiger partial charge in [-0.2, -0.15) is 0 Å². The van der Waals surface area contributed by atoms with Crippen LogP contribution in [-0.2, 0) is 29.0 Å². The van der Waals surface area contributed by atoms with Crippen LogP contribution in [-0.4, -0.2) is 29.3 Å². The third kappa shape index (κ3) is 7.99. The number of rotatable bonds is 10. The van der Waals surface area contributed by atoms with Crippen LogP contribution in [0, 0.1) is 5.92 Å². The minimum Gasteiger partial charge on any atom is -0.354 e. The first-order valence-electron chi connectivity index (χ1n) is 11.5. The first-order valence-corrected chi connectivity index (χ1v) is 12.7. The average Bonchev–Trinajstić information content (AvgIpc) is 2.83. The molecule has 0 heterocycles. The highest BCUT2D eigenvalue weighted by Crippen LogP contribution is 2.27.